The molecule has 6 nitrogen and oxygen atoms in total. The summed E-state index contributed by atoms with van der Waals surface area (Å²) in [5, 5.41) is 0. The SMILES string of the molecule is CN(C)c1ccc(N(CCC(=O)N2CCCC2)S(C)(=O)=O)cc1. The van der Waals surface area contributed by atoms with Crippen LogP contribution in [0, 0.1) is 0 Å². The first-order valence-electron chi connectivity index (χ1n) is 7.82. The zero-order chi connectivity index (χ0) is 17.0. The van der Waals surface area contributed by atoms with E-state index >= 15 is 0 Å². The Bertz CT molecular complexity index is 635. The molecule has 0 aromatic heterocycles. The minimum Gasteiger partial charge on any atom is -0.378 e. The van der Waals surface area contributed by atoms with Gasteiger partial charge in [-0.25, -0.2) is 8.42 Å². The normalized spacial score (nSPS) is 14.8. The molecule has 0 unspecified atom stereocenters. The molecule has 0 spiro atoms. The first kappa shape index (κ1) is 17.6. The third kappa shape index (κ3) is 4.60. The minimum absolute atomic E-state index is 0.0288. The van der Waals surface area contributed by atoms with Crippen molar-refractivity contribution < 1.29 is 13.2 Å². The Labute approximate surface area is 138 Å². The van der Waals surface area contributed by atoms with Gasteiger partial charge in [-0.15, -0.1) is 0 Å². The summed E-state index contributed by atoms with van der Waals surface area (Å²) in [5.41, 5.74) is 1.59. The molecule has 23 heavy (non-hydrogen) atoms. The zero-order valence-electron chi connectivity index (χ0n) is 14.0. The van der Waals surface area contributed by atoms with Crippen molar-refractivity contribution in [3.8, 4) is 0 Å². The van der Waals surface area contributed by atoms with Gasteiger partial charge >= 0.3 is 0 Å². The van der Waals surface area contributed by atoms with Gasteiger partial charge in [0.25, 0.3) is 0 Å². The molecule has 1 aromatic carbocycles. The number of nitrogens with zero attached hydrogens (tertiary/aromatic N) is 3. The molecule has 0 bridgehead atoms. The summed E-state index contributed by atoms with van der Waals surface area (Å²) in [6.07, 6.45) is 3.46. The van der Waals surface area contributed by atoms with Gasteiger partial charge in [0, 0.05) is 45.8 Å². The predicted molar refractivity (Wildman–Crippen MR) is 93.4 cm³/mol. The van der Waals surface area contributed by atoms with E-state index < -0.39 is 10.0 Å². The van der Waals surface area contributed by atoms with E-state index in [2.05, 4.69) is 0 Å². The molecule has 1 fully saturated rings. The number of amides is 1. The lowest BCUT2D eigenvalue weighted by Gasteiger charge is -2.24. The Balaban J connectivity index is 2.09. The van der Waals surface area contributed by atoms with Crippen molar-refractivity contribution in [1.82, 2.24) is 4.90 Å². The maximum absolute atomic E-state index is 12.1. The summed E-state index contributed by atoms with van der Waals surface area (Å²) < 4.78 is 25.5. The van der Waals surface area contributed by atoms with Gasteiger partial charge in [-0.1, -0.05) is 0 Å². The van der Waals surface area contributed by atoms with Gasteiger partial charge in [0.15, 0.2) is 0 Å². The highest BCUT2D eigenvalue weighted by molar-refractivity contribution is 7.92. The average molecular weight is 339 g/mol. The number of carbonyl (C=O) groups excluding carboxylic acids is 1. The molecule has 2 rings (SSSR count). The third-order valence-electron chi connectivity index (χ3n) is 4.04. The van der Waals surface area contributed by atoms with E-state index in [1.807, 2.05) is 36.0 Å². The van der Waals surface area contributed by atoms with Crippen LogP contribution in [0.2, 0.25) is 0 Å². The largest absolute Gasteiger partial charge is 0.378 e. The van der Waals surface area contributed by atoms with Gasteiger partial charge in [0.05, 0.1) is 11.9 Å². The van der Waals surface area contributed by atoms with Gasteiger partial charge in [-0.3, -0.25) is 9.10 Å². The van der Waals surface area contributed by atoms with Crippen LogP contribution in [0.3, 0.4) is 0 Å². The van der Waals surface area contributed by atoms with Crippen LogP contribution in [0.25, 0.3) is 0 Å². The number of rotatable bonds is 6. The molecule has 1 amide bonds. The second kappa shape index (κ2) is 7.21. The fourth-order valence-electron chi connectivity index (χ4n) is 2.73. The molecule has 128 valence electrons. The maximum atomic E-state index is 12.1. The molecular formula is C16H25N3O3S. The topological polar surface area (TPSA) is 60.9 Å². The van der Waals surface area contributed by atoms with E-state index in [9.17, 15) is 13.2 Å². The van der Waals surface area contributed by atoms with E-state index in [0.29, 0.717) is 5.69 Å². The first-order valence-corrected chi connectivity index (χ1v) is 9.67. The Morgan fingerprint density at radius 3 is 2.09 bits per heavy atom. The number of likely N-dealkylation sites (tertiary alicyclic amines) is 1. The molecule has 0 aliphatic carbocycles. The van der Waals surface area contributed by atoms with E-state index in [0.717, 1.165) is 31.6 Å². The highest BCUT2D eigenvalue weighted by Crippen LogP contribution is 2.22. The molecule has 1 heterocycles. The lowest BCUT2D eigenvalue weighted by Crippen LogP contribution is -2.35. The maximum Gasteiger partial charge on any atom is 0.232 e. The standard InChI is InChI=1S/C16H25N3O3S/c1-17(2)14-6-8-15(9-7-14)19(23(3,21)22)13-10-16(20)18-11-4-5-12-18/h6-9H,4-5,10-13H2,1-3H3. The molecule has 1 aliphatic rings. The molecule has 1 aliphatic heterocycles. The Morgan fingerprint density at radius 2 is 1.61 bits per heavy atom. The molecule has 0 saturated carbocycles. The van der Waals surface area contributed by atoms with E-state index in [4.69, 9.17) is 0 Å². The fraction of sp³-hybridized carbons (Fsp3) is 0.562. The molecule has 0 N–H and O–H groups in total. The van der Waals surface area contributed by atoms with Crippen LogP contribution in [0.5, 0.6) is 0 Å². The summed E-state index contributed by atoms with van der Waals surface area (Å²) in [5.74, 6) is 0.0288. The van der Waals surface area contributed by atoms with Crippen molar-refractivity contribution in [2.75, 3.05) is 49.2 Å². The predicted octanol–water partition coefficient (Wildman–Crippen LogP) is 1.53. The lowest BCUT2D eigenvalue weighted by molar-refractivity contribution is -0.129. The second-order valence-electron chi connectivity index (χ2n) is 6.08. The van der Waals surface area contributed by atoms with Gasteiger partial charge in [0.2, 0.25) is 15.9 Å². The Hall–Kier alpha value is -1.76. The Morgan fingerprint density at radius 1 is 1.09 bits per heavy atom. The van der Waals surface area contributed by atoms with E-state index in [1.165, 1.54) is 10.6 Å². The van der Waals surface area contributed by atoms with Crippen LogP contribution >= 0.6 is 0 Å². The molecule has 1 saturated heterocycles. The smallest absolute Gasteiger partial charge is 0.232 e. The number of carbonyl (C=O) groups is 1. The number of hydrogen-bond donors (Lipinski definition) is 0. The highest BCUT2D eigenvalue weighted by Gasteiger charge is 2.22. The number of sulfonamides is 1. The first-order chi connectivity index (χ1) is 10.8. The van der Waals surface area contributed by atoms with Crippen molar-refractivity contribution in [1.29, 1.82) is 0 Å². The zero-order valence-corrected chi connectivity index (χ0v) is 14.8. The van der Waals surface area contributed by atoms with Crippen molar-refractivity contribution in [3.05, 3.63) is 24.3 Å². The Kier molecular flexibility index (Phi) is 5.51. The van der Waals surface area contributed by atoms with E-state index in [1.54, 1.807) is 12.1 Å². The monoisotopic (exact) mass is 339 g/mol. The van der Waals surface area contributed by atoms with Crippen molar-refractivity contribution in [2.24, 2.45) is 0 Å². The molecular weight excluding hydrogens is 314 g/mol. The quantitative estimate of drug-likeness (QED) is 0.789. The van der Waals surface area contributed by atoms with Crippen LogP contribution in [-0.4, -0.2) is 59.2 Å². The third-order valence-corrected chi connectivity index (χ3v) is 5.24. The molecule has 7 heteroatoms. The molecule has 0 atom stereocenters. The van der Waals surface area contributed by atoms with Gasteiger partial charge in [-0.05, 0) is 37.1 Å². The van der Waals surface area contributed by atoms with Crippen molar-refractivity contribution >= 4 is 27.3 Å². The number of benzene rings is 1. The summed E-state index contributed by atoms with van der Waals surface area (Å²) in [6, 6.07) is 7.29. The summed E-state index contributed by atoms with van der Waals surface area (Å²) in [4.78, 5) is 15.9. The second-order valence-corrected chi connectivity index (χ2v) is 7.99. The molecule has 1 aromatic rings. The van der Waals surface area contributed by atoms with Gasteiger partial charge in [-0.2, -0.15) is 0 Å². The van der Waals surface area contributed by atoms with Crippen LogP contribution < -0.4 is 9.21 Å². The minimum atomic E-state index is -3.42. The van der Waals surface area contributed by atoms with Crippen molar-refractivity contribution in [3.63, 3.8) is 0 Å². The van der Waals surface area contributed by atoms with Crippen molar-refractivity contribution in [2.45, 2.75) is 19.3 Å². The number of hydrogen-bond acceptors (Lipinski definition) is 4. The summed E-state index contributed by atoms with van der Waals surface area (Å²) in [7, 11) is 0.436. The number of anilines is 2. The fourth-order valence-corrected chi connectivity index (χ4v) is 3.65. The van der Waals surface area contributed by atoms with Crippen LogP contribution in [0.15, 0.2) is 24.3 Å². The lowest BCUT2D eigenvalue weighted by atomic mass is 10.2. The average Bonchev–Trinajstić information content (AvgIpc) is 3.00. The van der Waals surface area contributed by atoms with Crippen LogP contribution in [-0.2, 0) is 14.8 Å². The van der Waals surface area contributed by atoms with Gasteiger partial charge < -0.3 is 9.80 Å². The van der Waals surface area contributed by atoms with Crippen LogP contribution in [0.1, 0.15) is 19.3 Å². The summed E-state index contributed by atoms with van der Waals surface area (Å²) >= 11 is 0. The highest BCUT2D eigenvalue weighted by atomic mass is 32.2. The summed E-state index contributed by atoms with van der Waals surface area (Å²) in [6.45, 7) is 1.75. The van der Waals surface area contributed by atoms with Gasteiger partial charge in [0.1, 0.15) is 0 Å². The van der Waals surface area contributed by atoms with E-state index in [-0.39, 0.29) is 18.9 Å². The molecule has 0 radical (unpaired) electrons. The van der Waals surface area contributed by atoms with Crippen LogP contribution in [0.4, 0.5) is 11.4 Å².